The van der Waals surface area contributed by atoms with Gasteiger partial charge in [0.1, 0.15) is 5.69 Å². The van der Waals surface area contributed by atoms with Crippen LogP contribution in [-0.2, 0) is 24.7 Å². The molecule has 0 radical (unpaired) electrons. The summed E-state index contributed by atoms with van der Waals surface area (Å²) in [5, 5.41) is 6.60. The zero-order chi connectivity index (χ0) is 19.4. The normalized spacial score (nSPS) is 10.9. The van der Waals surface area contributed by atoms with Gasteiger partial charge in [-0.2, -0.15) is 4.98 Å². The van der Waals surface area contributed by atoms with Crippen molar-refractivity contribution in [2.75, 3.05) is 5.32 Å². The Hall–Kier alpha value is -3.16. The molecule has 3 aromatic rings. The molecule has 3 rings (SSSR count). The van der Waals surface area contributed by atoms with Gasteiger partial charge < -0.3 is 9.84 Å². The predicted molar refractivity (Wildman–Crippen MR) is 101 cm³/mol. The van der Waals surface area contributed by atoms with Crippen molar-refractivity contribution < 1.29 is 9.32 Å². The third kappa shape index (κ3) is 3.99. The summed E-state index contributed by atoms with van der Waals surface area (Å²) >= 11 is 0. The van der Waals surface area contributed by atoms with E-state index in [-0.39, 0.29) is 23.6 Å². The predicted octanol–water partition coefficient (Wildman–Crippen LogP) is 2.39. The Bertz CT molecular complexity index is 985. The van der Waals surface area contributed by atoms with E-state index >= 15 is 0 Å². The van der Waals surface area contributed by atoms with E-state index in [0.29, 0.717) is 23.8 Å². The molecular weight excluding hydrogens is 346 g/mol. The van der Waals surface area contributed by atoms with Crippen molar-refractivity contribution in [1.29, 1.82) is 0 Å². The minimum atomic E-state index is -0.267. The van der Waals surface area contributed by atoms with Crippen LogP contribution < -0.4 is 10.9 Å². The topological polar surface area (TPSA) is 95.0 Å². The summed E-state index contributed by atoms with van der Waals surface area (Å²) in [6.45, 7) is 3.83. The molecule has 1 amide bonds. The Labute approximate surface area is 156 Å². The van der Waals surface area contributed by atoms with E-state index in [2.05, 4.69) is 15.5 Å². The highest BCUT2D eigenvalue weighted by molar-refractivity contribution is 5.91. The van der Waals surface area contributed by atoms with Crippen LogP contribution in [0.25, 0.3) is 5.69 Å². The van der Waals surface area contributed by atoms with Gasteiger partial charge in [-0.05, 0) is 25.5 Å². The van der Waals surface area contributed by atoms with Crippen molar-refractivity contribution in [3.8, 4) is 5.69 Å². The number of anilines is 1. The van der Waals surface area contributed by atoms with Crippen LogP contribution >= 0.6 is 0 Å². The first-order valence-corrected chi connectivity index (χ1v) is 8.96. The van der Waals surface area contributed by atoms with Crippen LogP contribution in [-0.4, -0.2) is 25.4 Å². The number of nitrogens with zero attached hydrogens (tertiary/aromatic N) is 4. The summed E-state index contributed by atoms with van der Waals surface area (Å²) in [7, 11) is 1.78. The van der Waals surface area contributed by atoms with Crippen molar-refractivity contribution in [3.63, 3.8) is 0 Å². The van der Waals surface area contributed by atoms with Crippen LogP contribution in [0.15, 0.2) is 39.6 Å². The maximum atomic E-state index is 12.8. The first kappa shape index (κ1) is 18.6. The lowest BCUT2D eigenvalue weighted by Gasteiger charge is -2.07. The summed E-state index contributed by atoms with van der Waals surface area (Å²) < 4.78 is 8.39. The molecule has 2 heterocycles. The van der Waals surface area contributed by atoms with Crippen molar-refractivity contribution in [1.82, 2.24) is 19.5 Å². The minimum absolute atomic E-state index is 0.160. The Kier molecular flexibility index (Phi) is 5.54. The number of carbonyl (C=O) groups is 1. The second kappa shape index (κ2) is 8.03. The second-order valence-electron chi connectivity index (χ2n) is 6.34. The molecule has 8 heteroatoms. The molecule has 0 aliphatic heterocycles. The summed E-state index contributed by atoms with van der Waals surface area (Å²) in [5.41, 5.74) is 1.43. The van der Waals surface area contributed by atoms with Crippen molar-refractivity contribution in [3.05, 3.63) is 58.1 Å². The lowest BCUT2D eigenvalue weighted by Crippen LogP contribution is -2.23. The van der Waals surface area contributed by atoms with Crippen LogP contribution in [0.5, 0.6) is 0 Å². The molecule has 0 unspecified atom stereocenters. The third-order valence-corrected chi connectivity index (χ3v) is 4.37. The largest absolute Gasteiger partial charge is 0.339 e. The standard InChI is InChI=1S/C19H23N5O3/c1-4-8-15-20-17(27-22-15)12-11-16(25)21-18-13(2)23(3)24(19(18)26)14-9-6-5-7-10-14/h5-7,9-10H,4,8,11-12H2,1-3H3,(H,21,25). The van der Waals surface area contributed by atoms with Gasteiger partial charge in [0.2, 0.25) is 11.8 Å². The van der Waals surface area contributed by atoms with Gasteiger partial charge >= 0.3 is 0 Å². The van der Waals surface area contributed by atoms with Gasteiger partial charge in [0, 0.05) is 26.3 Å². The maximum absolute atomic E-state index is 12.8. The van der Waals surface area contributed by atoms with Crippen LogP contribution in [0.1, 0.15) is 37.2 Å². The number of hydrogen-bond acceptors (Lipinski definition) is 5. The zero-order valence-corrected chi connectivity index (χ0v) is 15.7. The Morgan fingerprint density at radius 1 is 1.22 bits per heavy atom. The molecule has 0 saturated heterocycles. The summed E-state index contributed by atoms with van der Waals surface area (Å²) in [6.07, 6.45) is 2.17. The quantitative estimate of drug-likeness (QED) is 0.690. The molecule has 0 atom stereocenters. The average molecular weight is 369 g/mol. The number of para-hydroxylation sites is 1. The highest BCUT2D eigenvalue weighted by Gasteiger charge is 2.18. The number of hydrogen-bond donors (Lipinski definition) is 1. The van der Waals surface area contributed by atoms with Gasteiger partial charge in [0.05, 0.1) is 11.4 Å². The summed E-state index contributed by atoms with van der Waals surface area (Å²) in [6, 6.07) is 9.29. The molecule has 0 saturated carbocycles. The molecule has 27 heavy (non-hydrogen) atoms. The van der Waals surface area contributed by atoms with Gasteiger partial charge in [-0.1, -0.05) is 30.3 Å². The Morgan fingerprint density at radius 3 is 2.67 bits per heavy atom. The van der Waals surface area contributed by atoms with Crippen LogP contribution in [0.2, 0.25) is 0 Å². The molecular formula is C19H23N5O3. The fourth-order valence-corrected chi connectivity index (χ4v) is 2.85. The number of aromatic nitrogens is 4. The maximum Gasteiger partial charge on any atom is 0.295 e. The van der Waals surface area contributed by atoms with E-state index in [1.165, 1.54) is 4.68 Å². The third-order valence-electron chi connectivity index (χ3n) is 4.37. The molecule has 0 aliphatic carbocycles. The van der Waals surface area contributed by atoms with Crippen LogP contribution in [0.3, 0.4) is 0 Å². The first-order chi connectivity index (χ1) is 13.0. The highest BCUT2D eigenvalue weighted by Crippen LogP contribution is 2.14. The van der Waals surface area contributed by atoms with Crippen LogP contribution in [0, 0.1) is 6.92 Å². The Morgan fingerprint density at radius 2 is 1.96 bits per heavy atom. The summed E-state index contributed by atoms with van der Waals surface area (Å²) in [4.78, 5) is 29.3. The molecule has 142 valence electrons. The monoisotopic (exact) mass is 369 g/mol. The van der Waals surface area contributed by atoms with E-state index in [0.717, 1.165) is 18.5 Å². The van der Waals surface area contributed by atoms with Crippen LogP contribution in [0.4, 0.5) is 5.69 Å². The molecule has 1 N–H and O–H groups in total. The number of nitrogens with one attached hydrogen (secondary N) is 1. The number of carbonyl (C=O) groups excluding carboxylic acids is 1. The fraction of sp³-hybridized carbons (Fsp3) is 0.368. The smallest absolute Gasteiger partial charge is 0.295 e. The molecule has 8 nitrogen and oxygen atoms in total. The van der Waals surface area contributed by atoms with Gasteiger partial charge in [0.25, 0.3) is 5.56 Å². The van der Waals surface area contributed by atoms with Crippen molar-refractivity contribution in [2.45, 2.75) is 39.5 Å². The molecule has 0 spiro atoms. The molecule has 2 aromatic heterocycles. The van der Waals surface area contributed by atoms with E-state index < -0.39 is 0 Å². The molecule has 0 aliphatic rings. The van der Waals surface area contributed by atoms with E-state index in [1.807, 2.05) is 37.3 Å². The highest BCUT2D eigenvalue weighted by atomic mass is 16.5. The fourth-order valence-electron chi connectivity index (χ4n) is 2.85. The van der Waals surface area contributed by atoms with Gasteiger partial charge in [0.15, 0.2) is 5.82 Å². The van der Waals surface area contributed by atoms with E-state index in [1.54, 1.807) is 18.7 Å². The van der Waals surface area contributed by atoms with Gasteiger partial charge in [-0.15, -0.1) is 0 Å². The summed E-state index contributed by atoms with van der Waals surface area (Å²) in [5.74, 6) is 0.814. The molecule has 1 aromatic carbocycles. The van der Waals surface area contributed by atoms with E-state index in [9.17, 15) is 9.59 Å². The Balaban J connectivity index is 1.71. The van der Waals surface area contributed by atoms with Crippen molar-refractivity contribution in [2.24, 2.45) is 7.05 Å². The molecule has 0 bridgehead atoms. The average Bonchev–Trinajstić information content (AvgIpc) is 3.20. The number of benzene rings is 1. The first-order valence-electron chi connectivity index (χ1n) is 8.96. The number of aryl methyl sites for hydroxylation is 2. The second-order valence-corrected chi connectivity index (χ2v) is 6.34. The lowest BCUT2D eigenvalue weighted by atomic mass is 10.2. The van der Waals surface area contributed by atoms with Gasteiger partial charge in [-0.25, -0.2) is 4.68 Å². The lowest BCUT2D eigenvalue weighted by molar-refractivity contribution is -0.116. The number of amides is 1. The van der Waals surface area contributed by atoms with Crippen molar-refractivity contribution >= 4 is 11.6 Å². The number of rotatable bonds is 7. The van der Waals surface area contributed by atoms with Gasteiger partial charge in [-0.3, -0.25) is 14.3 Å². The minimum Gasteiger partial charge on any atom is -0.339 e. The SMILES string of the molecule is CCCc1noc(CCC(=O)Nc2c(C)n(C)n(-c3ccccc3)c2=O)n1. The van der Waals surface area contributed by atoms with E-state index in [4.69, 9.17) is 4.52 Å². The molecule has 0 fully saturated rings. The zero-order valence-electron chi connectivity index (χ0n) is 15.7.